The van der Waals surface area contributed by atoms with Crippen molar-refractivity contribution in [2.75, 3.05) is 13.7 Å². The Balaban J connectivity index is 2.05. The zero-order valence-corrected chi connectivity index (χ0v) is 12.9. The molecule has 0 fully saturated rings. The molecule has 0 saturated heterocycles. The van der Waals surface area contributed by atoms with Crippen molar-refractivity contribution < 1.29 is 9.47 Å². The van der Waals surface area contributed by atoms with Gasteiger partial charge in [-0.1, -0.05) is 0 Å². The van der Waals surface area contributed by atoms with E-state index >= 15 is 0 Å². The average Bonchev–Trinajstić information content (AvgIpc) is 2.49. The van der Waals surface area contributed by atoms with Crippen molar-refractivity contribution in [2.45, 2.75) is 13.0 Å². The van der Waals surface area contributed by atoms with Gasteiger partial charge in [0.05, 0.1) is 18.2 Å². The SMILES string of the molecule is COc1cc(CN)cc(Br)c1OCCc1ccncc1. The van der Waals surface area contributed by atoms with Crippen LogP contribution in [0.2, 0.25) is 0 Å². The van der Waals surface area contributed by atoms with Gasteiger partial charge in [0.15, 0.2) is 11.5 Å². The lowest BCUT2D eigenvalue weighted by Crippen LogP contribution is -2.05. The zero-order valence-electron chi connectivity index (χ0n) is 11.3. The lowest BCUT2D eigenvalue weighted by molar-refractivity contribution is 0.295. The van der Waals surface area contributed by atoms with Crippen LogP contribution in [-0.4, -0.2) is 18.7 Å². The van der Waals surface area contributed by atoms with Crippen LogP contribution in [0, 0.1) is 0 Å². The van der Waals surface area contributed by atoms with Crippen molar-refractivity contribution >= 4 is 15.9 Å². The normalized spacial score (nSPS) is 10.3. The summed E-state index contributed by atoms with van der Waals surface area (Å²) in [6.07, 6.45) is 4.38. The monoisotopic (exact) mass is 336 g/mol. The summed E-state index contributed by atoms with van der Waals surface area (Å²) in [4.78, 5) is 3.99. The molecule has 4 nitrogen and oxygen atoms in total. The first-order chi connectivity index (χ1) is 9.74. The fraction of sp³-hybridized carbons (Fsp3) is 0.267. The Hall–Kier alpha value is -1.59. The number of pyridine rings is 1. The smallest absolute Gasteiger partial charge is 0.175 e. The average molecular weight is 337 g/mol. The molecule has 1 heterocycles. The summed E-state index contributed by atoms with van der Waals surface area (Å²) in [7, 11) is 1.62. The van der Waals surface area contributed by atoms with Crippen molar-refractivity contribution in [1.82, 2.24) is 4.98 Å². The van der Waals surface area contributed by atoms with Gasteiger partial charge < -0.3 is 15.2 Å². The van der Waals surface area contributed by atoms with Crippen molar-refractivity contribution in [3.05, 3.63) is 52.3 Å². The van der Waals surface area contributed by atoms with Crippen molar-refractivity contribution in [2.24, 2.45) is 5.73 Å². The predicted molar refractivity (Wildman–Crippen MR) is 82.0 cm³/mol. The number of nitrogens with zero attached hydrogens (tertiary/aromatic N) is 1. The molecule has 0 aliphatic carbocycles. The van der Waals surface area contributed by atoms with Gasteiger partial charge >= 0.3 is 0 Å². The fourth-order valence-corrected chi connectivity index (χ4v) is 2.46. The number of halogens is 1. The number of rotatable bonds is 6. The van der Waals surface area contributed by atoms with Gasteiger partial charge in [0.2, 0.25) is 0 Å². The molecule has 0 saturated carbocycles. The van der Waals surface area contributed by atoms with Crippen LogP contribution >= 0.6 is 15.9 Å². The Morgan fingerprint density at radius 2 is 1.95 bits per heavy atom. The van der Waals surface area contributed by atoms with Crippen LogP contribution in [0.3, 0.4) is 0 Å². The molecule has 1 aromatic heterocycles. The quantitative estimate of drug-likeness (QED) is 0.881. The van der Waals surface area contributed by atoms with Crippen LogP contribution in [0.5, 0.6) is 11.5 Å². The van der Waals surface area contributed by atoms with Crippen molar-refractivity contribution in [3.63, 3.8) is 0 Å². The second-order valence-electron chi connectivity index (χ2n) is 4.27. The van der Waals surface area contributed by atoms with Gasteiger partial charge in [0.25, 0.3) is 0 Å². The Morgan fingerprint density at radius 1 is 1.20 bits per heavy atom. The van der Waals surface area contributed by atoms with Crippen LogP contribution in [0.1, 0.15) is 11.1 Å². The molecule has 20 heavy (non-hydrogen) atoms. The summed E-state index contributed by atoms with van der Waals surface area (Å²) < 4.78 is 12.0. The molecule has 0 amide bonds. The molecular formula is C15H17BrN2O2. The Labute approximate surface area is 127 Å². The number of nitrogens with two attached hydrogens (primary N) is 1. The fourth-order valence-electron chi connectivity index (χ4n) is 1.85. The third-order valence-electron chi connectivity index (χ3n) is 2.91. The minimum Gasteiger partial charge on any atom is -0.493 e. The topological polar surface area (TPSA) is 57.4 Å². The van der Waals surface area contributed by atoms with E-state index < -0.39 is 0 Å². The van der Waals surface area contributed by atoms with Gasteiger partial charge in [0.1, 0.15) is 0 Å². The highest BCUT2D eigenvalue weighted by molar-refractivity contribution is 9.10. The summed E-state index contributed by atoms with van der Waals surface area (Å²) >= 11 is 3.50. The van der Waals surface area contributed by atoms with Gasteiger partial charge in [-0.3, -0.25) is 4.98 Å². The van der Waals surface area contributed by atoms with Gasteiger partial charge in [-0.05, 0) is 51.3 Å². The number of methoxy groups -OCH3 is 1. The molecule has 2 aromatic rings. The van der Waals surface area contributed by atoms with Crippen molar-refractivity contribution in [3.8, 4) is 11.5 Å². The summed E-state index contributed by atoms with van der Waals surface area (Å²) in [6.45, 7) is 1.03. The van der Waals surface area contributed by atoms with Crippen LogP contribution < -0.4 is 15.2 Å². The molecule has 2 rings (SSSR count). The minimum atomic E-state index is 0.465. The highest BCUT2D eigenvalue weighted by Crippen LogP contribution is 2.36. The van der Waals surface area contributed by atoms with E-state index in [0.717, 1.165) is 16.5 Å². The van der Waals surface area contributed by atoms with E-state index in [2.05, 4.69) is 20.9 Å². The first-order valence-electron chi connectivity index (χ1n) is 6.32. The maximum atomic E-state index is 5.83. The molecule has 0 bridgehead atoms. The molecule has 0 aliphatic rings. The first-order valence-corrected chi connectivity index (χ1v) is 7.12. The molecule has 0 aliphatic heterocycles. The van der Waals surface area contributed by atoms with E-state index in [9.17, 15) is 0 Å². The lowest BCUT2D eigenvalue weighted by atomic mass is 10.2. The first kappa shape index (κ1) is 14.8. The van der Waals surface area contributed by atoms with Gasteiger partial charge in [-0.15, -0.1) is 0 Å². The van der Waals surface area contributed by atoms with E-state index in [1.165, 1.54) is 5.56 Å². The van der Waals surface area contributed by atoms with Gasteiger partial charge in [-0.2, -0.15) is 0 Å². The molecule has 0 radical (unpaired) electrons. The summed E-state index contributed by atoms with van der Waals surface area (Å²) in [6, 6.07) is 7.80. The number of benzene rings is 1. The van der Waals surface area contributed by atoms with Crippen LogP contribution in [0.25, 0.3) is 0 Å². The number of hydrogen-bond acceptors (Lipinski definition) is 4. The number of hydrogen-bond donors (Lipinski definition) is 1. The maximum absolute atomic E-state index is 5.83. The Bertz CT molecular complexity index is 561. The summed E-state index contributed by atoms with van der Waals surface area (Å²) in [5, 5.41) is 0. The summed E-state index contributed by atoms with van der Waals surface area (Å²) in [5.41, 5.74) is 7.83. The van der Waals surface area contributed by atoms with Crippen LogP contribution in [0.4, 0.5) is 0 Å². The van der Waals surface area contributed by atoms with Gasteiger partial charge in [0, 0.05) is 25.4 Å². The minimum absolute atomic E-state index is 0.465. The highest BCUT2D eigenvalue weighted by Gasteiger charge is 2.11. The number of aromatic nitrogens is 1. The molecule has 2 N–H and O–H groups in total. The predicted octanol–water partition coefficient (Wildman–Crippen LogP) is 2.93. The van der Waals surface area contributed by atoms with Gasteiger partial charge in [-0.25, -0.2) is 0 Å². The Kier molecular flexibility index (Phi) is 5.38. The molecule has 5 heteroatoms. The van der Waals surface area contributed by atoms with E-state index in [4.69, 9.17) is 15.2 Å². The van der Waals surface area contributed by atoms with E-state index in [0.29, 0.717) is 24.7 Å². The summed E-state index contributed by atoms with van der Waals surface area (Å²) in [5.74, 6) is 1.40. The van der Waals surface area contributed by atoms with E-state index in [-0.39, 0.29) is 0 Å². The van der Waals surface area contributed by atoms with E-state index in [1.807, 2.05) is 24.3 Å². The molecule has 0 atom stereocenters. The van der Waals surface area contributed by atoms with E-state index in [1.54, 1.807) is 19.5 Å². The second-order valence-corrected chi connectivity index (χ2v) is 5.12. The third-order valence-corrected chi connectivity index (χ3v) is 3.50. The zero-order chi connectivity index (χ0) is 14.4. The molecule has 0 unspecified atom stereocenters. The van der Waals surface area contributed by atoms with Crippen LogP contribution in [0.15, 0.2) is 41.1 Å². The molecule has 1 aromatic carbocycles. The molecular weight excluding hydrogens is 320 g/mol. The maximum Gasteiger partial charge on any atom is 0.175 e. The molecule has 0 spiro atoms. The third kappa shape index (κ3) is 3.71. The largest absolute Gasteiger partial charge is 0.493 e. The standard InChI is InChI=1S/C15H17BrN2O2/c1-19-14-9-12(10-17)8-13(16)15(14)20-7-4-11-2-5-18-6-3-11/h2-3,5-6,8-9H,4,7,10,17H2,1H3. The lowest BCUT2D eigenvalue weighted by Gasteiger charge is -2.14. The Morgan fingerprint density at radius 3 is 2.60 bits per heavy atom. The van der Waals surface area contributed by atoms with Crippen LogP contribution in [-0.2, 0) is 13.0 Å². The number of ether oxygens (including phenoxy) is 2. The second kappa shape index (κ2) is 7.26. The van der Waals surface area contributed by atoms with Crippen molar-refractivity contribution in [1.29, 1.82) is 0 Å². The highest BCUT2D eigenvalue weighted by atomic mass is 79.9. The molecule has 106 valence electrons.